The SMILES string of the molecule is O=C([C@@H]1Cc2c3n(c4ccccc24)P(Cl)OC[C@H]3N1Cc1ccccc1)N1CCCC1. The molecular weight excluding hydrogens is 429 g/mol. The van der Waals surface area contributed by atoms with Crippen LogP contribution < -0.4 is 0 Å². The molecule has 160 valence electrons. The first-order valence-electron chi connectivity index (χ1n) is 11.0. The Morgan fingerprint density at radius 3 is 2.61 bits per heavy atom. The second-order valence-electron chi connectivity index (χ2n) is 8.64. The number of hydrogen-bond acceptors (Lipinski definition) is 3. The van der Waals surface area contributed by atoms with E-state index < -0.39 is 7.65 Å². The van der Waals surface area contributed by atoms with Crippen LogP contribution in [0.25, 0.3) is 10.9 Å². The molecule has 5 nitrogen and oxygen atoms in total. The molecule has 3 aliphatic rings. The van der Waals surface area contributed by atoms with Crippen LogP contribution in [0.3, 0.4) is 0 Å². The molecule has 31 heavy (non-hydrogen) atoms. The zero-order valence-electron chi connectivity index (χ0n) is 17.3. The van der Waals surface area contributed by atoms with Gasteiger partial charge in [0, 0.05) is 30.7 Å². The van der Waals surface area contributed by atoms with Gasteiger partial charge in [-0.3, -0.25) is 14.0 Å². The van der Waals surface area contributed by atoms with Gasteiger partial charge in [0.05, 0.1) is 24.2 Å². The number of halogens is 1. The summed E-state index contributed by atoms with van der Waals surface area (Å²) >= 11 is 6.71. The quantitative estimate of drug-likeness (QED) is 0.519. The van der Waals surface area contributed by atoms with E-state index in [1.54, 1.807) is 0 Å². The van der Waals surface area contributed by atoms with Crippen molar-refractivity contribution in [2.45, 2.75) is 37.9 Å². The molecule has 3 aliphatic heterocycles. The van der Waals surface area contributed by atoms with E-state index >= 15 is 0 Å². The maximum absolute atomic E-state index is 13.7. The lowest BCUT2D eigenvalue weighted by Crippen LogP contribution is -2.54. The first-order chi connectivity index (χ1) is 15.2. The number of hydrogen-bond donors (Lipinski definition) is 0. The standard InChI is InChI=1S/C24H25ClN3O2P/c25-31-28-20-11-5-4-10-18(20)19-14-21(24(29)26-12-6-7-13-26)27(22(16-30-31)23(19)28)15-17-8-2-1-3-9-17/h1-5,8-11,21-22H,6-7,12-16H2/t21-,22+,31?/m0/s1. The minimum absolute atomic E-state index is 0.0189. The monoisotopic (exact) mass is 453 g/mol. The van der Waals surface area contributed by atoms with Crippen LogP contribution >= 0.6 is 18.9 Å². The van der Waals surface area contributed by atoms with E-state index in [0.717, 1.165) is 44.4 Å². The Balaban J connectivity index is 1.49. The van der Waals surface area contributed by atoms with Crippen molar-refractivity contribution in [1.29, 1.82) is 0 Å². The Bertz CT molecular complexity index is 1130. The highest BCUT2D eigenvalue weighted by molar-refractivity contribution is 7.79. The Hall–Kier alpha value is -1.91. The van der Waals surface area contributed by atoms with Crippen LogP contribution in [0.1, 0.15) is 35.7 Å². The molecule has 1 unspecified atom stereocenters. The van der Waals surface area contributed by atoms with Crippen molar-refractivity contribution in [2.75, 3.05) is 19.7 Å². The summed E-state index contributed by atoms with van der Waals surface area (Å²) in [4.78, 5) is 18.1. The molecule has 0 bridgehead atoms. The van der Waals surface area contributed by atoms with Crippen molar-refractivity contribution in [1.82, 2.24) is 14.1 Å². The van der Waals surface area contributed by atoms with Crippen molar-refractivity contribution in [2.24, 2.45) is 0 Å². The fourth-order valence-corrected chi connectivity index (χ4v) is 7.28. The lowest BCUT2D eigenvalue weighted by molar-refractivity contribution is -0.138. The van der Waals surface area contributed by atoms with Crippen LogP contribution in [0.5, 0.6) is 0 Å². The maximum atomic E-state index is 13.7. The summed E-state index contributed by atoms with van der Waals surface area (Å²) in [5.41, 5.74) is 4.85. The highest BCUT2D eigenvalue weighted by atomic mass is 35.7. The number of likely N-dealkylation sites (tertiary alicyclic amines) is 1. The van der Waals surface area contributed by atoms with E-state index in [2.05, 4.69) is 62.7 Å². The van der Waals surface area contributed by atoms with Gasteiger partial charge < -0.3 is 9.42 Å². The molecule has 3 aromatic rings. The third-order valence-electron chi connectivity index (χ3n) is 6.92. The minimum Gasteiger partial charge on any atom is -0.341 e. The van der Waals surface area contributed by atoms with E-state index in [-0.39, 0.29) is 18.0 Å². The van der Waals surface area contributed by atoms with Gasteiger partial charge in [-0.15, -0.1) is 0 Å². The average molecular weight is 454 g/mol. The summed E-state index contributed by atoms with van der Waals surface area (Å²) in [6.45, 7) is 2.99. The predicted octanol–water partition coefficient (Wildman–Crippen LogP) is 5.08. The molecule has 0 radical (unpaired) electrons. The Morgan fingerprint density at radius 2 is 1.81 bits per heavy atom. The number of benzene rings is 2. The van der Waals surface area contributed by atoms with E-state index in [1.165, 1.54) is 22.2 Å². The number of carbonyl (C=O) groups excluding carboxylic acids is 1. The van der Waals surface area contributed by atoms with E-state index in [0.29, 0.717) is 6.61 Å². The largest absolute Gasteiger partial charge is 0.341 e. The molecule has 0 saturated carbocycles. The fraction of sp³-hybridized carbons (Fsp3) is 0.375. The molecule has 6 rings (SSSR count). The van der Waals surface area contributed by atoms with E-state index in [4.69, 9.17) is 15.8 Å². The topological polar surface area (TPSA) is 37.7 Å². The van der Waals surface area contributed by atoms with Crippen molar-refractivity contribution in [3.63, 3.8) is 0 Å². The molecule has 0 spiro atoms. The van der Waals surface area contributed by atoms with Crippen LogP contribution in [0, 0.1) is 0 Å². The van der Waals surface area contributed by atoms with Crippen LogP contribution in [0.15, 0.2) is 54.6 Å². The van der Waals surface area contributed by atoms with Gasteiger partial charge in [0.2, 0.25) is 13.6 Å². The molecule has 1 aromatic heterocycles. The number of nitrogens with zero attached hydrogens (tertiary/aromatic N) is 3. The molecular formula is C24H25ClN3O2P. The maximum Gasteiger partial charge on any atom is 0.241 e. The molecule has 1 saturated heterocycles. The Labute approximate surface area is 188 Å². The molecule has 0 N–H and O–H groups in total. The molecule has 4 heterocycles. The molecule has 1 amide bonds. The van der Waals surface area contributed by atoms with Gasteiger partial charge in [0.1, 0.15) is 0 Å². The molecule has 2 aromatic carbocycles. The smallest absolute Gasteiger partial charge is 0.241 e. The Morgan fingerprint density at radius 1 is 1.06 bits per heavy atom. The average Bonchev–Trinajstić information content (AvgIpc) is 3.45. The lowest BCUT2D eigenvalue weighted by Gasteiger charge is -2.45. The highest BCUT2D eigenvalue weighted by Gasteiger charge is 2.46. The zero-order chi connectivity index (χ0) is 20.9. The molecule has 1 fully saturated rings. The number of fused-ring (bicyclic) bond motifs is 3. The zero-order valence-corrected chi connectivity index (χ0v) is 18.9. The second-order valence-corrected chi connectivity index (χ2v) is 10.6. The van der Waals surface area contributed by atoms with Gasteiger partial charge in [-0.25, -0.2) is 0 Å². The van der Waals surface area contributed by atoms with Gasteiger partial charge >= 0.3 is 0 Å². The number of carbonyl (C=O) groups is 1. The fourth-order valence-electron chi connectivity index (χ4n) is 5.48. The van der Waals surface area contributed by atoms with E-state index in [9.17, 15) is 4.79 Å². The van der Waals surface area contributed by atoms with Crippen LogP contribution in [0.4, 0.5) is 0 Å². The number of amides is 1. The minimum atomic E-state index is -1.23. The van der Waals surface area contributed by atoms with Crippen molar-refractivity contribution >= 4 is 35.7 Å². The number of aromatic nitrogens is 1. The van der Waals surface area contributed by atoms with Gasteiger partial charge in [-0.05, 0) is 47.7 Å². The summed E-state index contributed by atoms with van der Waals surface area (Å²) in [5, 5.41) is 1.21. The van der Waals surface area contributed by atoms with Gasteiger partial charge in [-0.2, -0.15) is 0 Å². The van der Waals surface area contributed by atoms with E-state index in [1.807, 2.05) is 6.07 Å². The van der Waals surface area contributed by atoms with Gasteiger partial charge in [0.15, 0.2) is 0 Å². The van der Waals surface area contributed by atoms with Crippen LogP contribution in [0.2, 0.25) is 0 Å². The van der Waals surface area contributed by atoms with Crippen LogP contribution in [-0.2, 0) is 22.3 Å². The normalized spacial score (nSPS) is 25.7. The van der Waals surface area contributed by atoms with Gasteiger partial charge in [0.25, 0.3) is 0 Å². The summed E-state index contributed by atoms with van der Waals surface area (Å²) < 4.78 is 8.31. The first kappa shape index (κ1) is 19.8. The predicted molar refractivity (Wildman–Crippen MR) is 124 cm³/mol. The third-order valence-corrected chi connectivity index (χ3v) is 8.77. The molecule has 3 atom stereocenters. The number of para-hydroxylation sites is 1. The van der Waals surface area contributed by atoms with Crippen molar-refractivity contribution in [3.05, 3.63) is 71.4 Å². The number of rotatable bonds is 3. The van der Waals surface area contributed by atoms with Gasteiger partial charge in [-0.1, -0.05) is 48.5 Å². The highest BCUT2D eigenvalue weighted by Crippen LogP contribution is 2.57. The van der Waals surface area contributed by atoms with Crippen molar-refractivity contribution in [3.8, 4) is 0 Å². The molecule has 7 heteroatoms. The summed E-state index contributed by atoms with van der Waals surface area (Å²) in [6.07, 6.45) is 2.93. The van der Waals surface area contributed by atoms with Crippen molar-refractivity contribution < 1.29 is 9.32 Å². The Kier molecular flexibility index (Phi) is 5.03. The summed E-state index contributed by atoms with van der Waals surface area (Å²) in [5.74, 6) is 0.259. The first-order valence-corrected chi connectivity index (χ1v) is 13.1. The summed E-state index contributed by atoms with van der Waals surface area (Å²) in [6, 6.07) is 18.7. The molecule has 0 aliphatic carbocycles. The summed E-state index contributed by atoms with van der Waals surface area (Å²) in [7, 11) is -1.23. The lowest BCUT2D eigenvalue weighted by atomic mass is 9.90. The second kappa shape index (κ2) is 7.90. The third kappa shape index (κ3) is 3.22. The van der Waals surface area contributed by atoms with Crippen LogP contribution in [-0.4, -0.2) is 45.8 Å².